The Kier molecular flexibility index (Phi) is 15.7. The number of fused-ring (bicyclic) bond motifs is 6. The Balaban J connectivity index is 1.24. The van der Waals surface area contributed by atoms with Gasteiger partial charge in [0.25, 0.3) is 11.8 Å². The van der Waals surface area contributed by atoms with Gasteiger partial charge in [-0.25, -0.2) is 5.43 Å². The number of methoxy groups -OCH3 is 1. The summed E-state index contributed by atoms with van der Waals surface area (Å²) < 4.78 is 14.1. The predicted molar refractivity (Wildman–Crippen MR) is 259 cm³/mol. The lowest BCUT2D eigenvalue weighted by Gasteiger charge is -2.37. The molecule has 1 unspecified atom stereocenters. The first-order chi connectivity index (χ1) is 32.5. The topological polar surface area (TPSA) is 172 Å². The number of ether oxygens (including phenoxy) is 2. The fraction of sp³-hybridized carbons (Fsp3) is 0.519. The average molecular weight is 930 g/mol. The molecular formula is C52H67N9O7. The third-order valence-corrected chi connectivity index (χ3v) is 13.2. The van der Waals surface area contributed by atoms with Crippen molar-refractivity contribution < 1.29 is 33.4 Å². The van der Waals surface area contributed by atoms with E-state index in [4.69, 9.17) is 9.47 Å². The van der Waals surface area contributed by atoms with Gasteiger partial charge in [-0.15, -0.1) is 0 Å². The Morgan fingerprint density at radius 2 is 1.82 bits per heavy atom. The van der Waals surface area contributed by atoms with E-state index >= 15 is 0 Å². The molecule has 3 aliphatic heterocycles. The monoisotopic (exact) mass is 930 g/mol. The van der Waals surface area contributed by atoms with Crippen LogP contribution in [-0.2, 0) is 59.4 Å². The average Bonchev–Trinajstić information content (AvgIpc) is 3.93. The lowest BCUT2D eigenvalue weighted by Crippen LogP contribution is -2.62. The molecule has 0 saturated carbocycles. The van der Waals surface area contributed by atoms with E-state index in [1.54, 1.807) is 37.6 Å². The second kappa shape index (κ2) is 21.4. The van der Waals surface area contributed by atoms with Gasteiger partial charge in [-0.2, -0.15) is 0 Å². The Hall–Kier alpha value is -6.15. The van der Waals surface area contributed by atoms with Gasteiger partial charge in [-0.3, -0.25) is 43.8 Å². The number of aryl methyl sites for hydroxylation is 1. The van der Waals surface area contributed by atoms with Crippen molar-refractivity contribution in [3.05, 3.63) is 71.8 Å². The number of nitrogens with zero attached hydrogens (tertiary/aromatic N) is 7. The fourth-order valence-electron chi connectivity index (χ4n) is 9.84. The van der Waals surface area contributed by atoms with E-state index in [0.29, 0.717) is 64.0 Å². The molecule has 3 aromatic heterocycles. The van der Waals surface area contributed by atoms with Crippen LogP contribution in [0.2, 0.25) is 0 Å². The smallest absolute Gasteiger partial charge is 0.324 e. The predicted octanol–water partition coefficient (Wildman–Crippen LogP) is 4.48. The number of likely N-dealkylation sites (N-methyl/N-ethyl adjacent to an activating group) is 1. The zero-order valence-electron chi connectivity index (χ0n) is 41.1. The van der Waals surface area contributed by atoms with Crippen molar-refractivity contribution in [1.82, 2.24) is 45.0 Å². The number of amides is 4. The summed E-state index contributed by atoms with van der Waals surface area (Å²) in [4.78, 5) is 84.2. The highest BCUT2D eigenvalue weighted by molar-refractivity contribution is 5.97. The van der Waals surface area contributed by atoms with Gasteiger partial charge >= 0.3 is 5.97 Å². The van der Waals surface area contributed by atoms with Crippen LogP contribution in [0.15, 0.2) is 55.1 Å². The molecule has 7 rings (SSSR count). The van der Waals surface area contributed by atoms with Crippen molar-refractivity contribution in [2.75, 3.05) is 61.0 Å². The summed E-state index contributed by atoms with van der Waals surface area (Å²) in [5, 5.41) is 5.51. The quantitative estimate of drug-likeness (QED) is 0.170. The summed E-state index contributed by atoms with van der Waals surface area (Å²) in [6, 6.07) is 7.55. The number of carbonyl (C=O) groups excluding carboxylic acids is 5. The number of esters is 1. The molecule has 2 saturated heterocycles. The number of carbonyl (C=O) groups is 5. The van der Waals surface area contributed by atoms with Gasteiger partial charge in [-0.05, 0) is 105 Å². The van der Waals surface area contributed by atoms with E-state index in [0.717, 1.165) is 44.4 Å². The fourth-order valence-corrected chi connectivity index (χ4v) is 9.84. The summed E-state index contributed by atoms with van der Waals surface area (Å²) in [7, 11) is 7.03. The maximum Gasteiger partial charge on any atom is 0.324 e. The number of cyclic esters (lactones) is 1. The second-order valence-corrected chi connectivity index (χ2v) is 19.8. The van der Waals surface area contributed by atoms with Crippen LogP contribution < -0.4 is 10.7 Å². The molecule has 6 heterocycles. The standard InChI is InChI=1S/C52H67N9O7/c1-10-60-44-16-15-35-25-39(44)40(47(60)41-29-53-19-17-37(41)31-67-9)26-52(4,5)32-68-51(66)42-13-11-21-61(56-42)50(65)43(24-34-23-38(35)28-54-27-34)55-48(63)46(33(2)3)58(8)49(64)36-18-22-59(30-36)45(62)14-12-20-57(6)7/h15-17,19,23,25,27-29,33,36,42-43,46,56H,10-11,13,18,20-22,24,26,30-32H2,1-9H3,(H,55,63)/t36-,42-,43-,46?/m0/s1. The molecule has 0 radical (unpaired) electrons. The normalized spacial score (nSPS) is 20.1. The van der Waals surface area contributed by atoms with Crippen LogP contribution in [-0.4, -0.2) is 143 Å². The number of likely N-dealkylation sites (tertiary alicyclic amines) is 1. The van der Waals surface area contributed by atoms with Gasteiger partial charge in [0.05, 0.1) is 31.4 Å². The highest BCUT2D eigenvalue weighted by Crippen LogP contribution is 2.41. The van der Waals surface area contributed by atoms with E-state index in [2.05, 4.69) is 76.1 Å². The van der Waals surface area contributed by atoms with Crippen molar-refractivity contribution in [2.45, 2.75) is 98.0 Å². The first-order valence-electron chi connectivity index (χ1n) is 23.8. The molecule has 0 spiro atoms. The second-order valence-electron chi connectivity index (χ2n) is 19.8. The van der Waals surface area contributed by atoms with Gasteiger partial charge in [-0.1, -0.05) is 39.7 Å². The molecule has 4 amide bonds. The van der Waals surface area contributed by atoms with Gasteiger partial charge < -0.3 is 29.2 Å². The molecule has 16 nitrogen and oxygen atoms in total. The van der Waals surface area contributed by atoms with Crippen LogP contribution in [0.4, 0.5) is 0 Å². The maximum atomic E-state index is 14.7. The van der Waals surface area contributed by atoms with E-state index in [9.17, 15) is 24.0 Å². The van der Waals surface area contributed by atoms with Gasteiger partial charge in [0, 0.05) is 99.0 Å². The summed E-state index contributed by atoms with van der Waals surface area (Å²) in [5.74, 6) is 2.72. The number of hydrogen-bond donors (Lipinski definition) is 2. The van der Waals surface area contributed by atoms with E-state index < -0.39 is 47.2 Å². The van der Waals surface area contributed by atoms with Crippen LogP contribution in [0.25, 0.3) is 33.3 Å². The number of rotatable bonds is 10. The Labute approximate surface area is 400 Å². The molecule has 362 valence electrons. The molecule has 0 aliphatic carbocycles. The lowest BCUT2D eigenvalue weighted by atomic mass is 9.84. The van der Waals surface area contributed by atoms with E-state index in [1.165, 1.54) is 9.91 Å². The van der Waals surface area contributed by atoms with Crippen molar-refractivity contribution in [3.8, 4) is 34.2 Å². The largest absolute Gasteiger partial charge is 0.464 e. The van der Waals surface area contributed by atoms with Crippen molar-refractivity contribution in [2.24, 2.45) is 17.3 Å². The molecule has 3 aliphatic rings. The Morgan fingerprint density at radius 1 is 1.03 bits per heavy atom. The SMILES string of the molecule is CCn1c(-c2cnccc2COC)c2c3cc(ccc31)-c1cncc(c1)C[C@H](NC(=O)C(C(C)C)N(C)C(=O)[C@H]1CCN(C(=O)C#CCN(C)C)C1)C(=O)N1CCC[C@H](N1)C(=O)OCC(C)(C)C2. The minimum absolute atomic E-state index is 0.0804. The molecule has 2 N–H and O–H groups in total. The minimum Gasteiger partial charge on any atom is -0.464 e. The summed E-state index contributed by atoms with van der Waals surface area (Å²) in [5.41, 5.74) is 10.3. The highest BCUT2D eigenvalue weighted by Gasteiger charge is 2.40. The summed E-state index contributed by atoms with van der Waals surface area (Å²) in [6.45, 7) is 12.6. The molecule has 4 aromatic rings. The number of pyridine rings is 2. The Morgan fingerprint density at radius 3 is 2.56 bits per heavy atom. The number of hydrogen-bond acceptors (Lipinski definition) is 11. The molecule has 6 bridgehead atoms. The van der Waals surface area contributed by atoms with E-state index in [1.807, 2.05) is 51.2 Å². The zero-order valence-corrected chi connectivity index (χ0v) is 41.1. The summed E-state index contributed by atoms with van der Waals surface area (Å²) >= 11 is 0. The molecular weight excluding hydrogens is 863 g/mol. The van der Waals surface area contributed by atoms with Crippen molar-refractivity contribution in [3.63, 3.8) is 0 Å². The highest BCUT2D eigenvalue weighted by atomic mass is 16.5. The van der Waals surface area contributed by atoms with Crippen LogP contribution in [0, 0.1) is 29.1 Å². The maximum absolute atomic E-state index is 14.7. The first kappa shape index (κ1) is 49.7. The van der Waals surface area contributed by atoms with Gasteiger partial charge in [0.15, 0.2) is 0 Å². The minimum atomic E-state index is -1.10. The lowest BCUT2D eigenvalue weighted by molar-refractivity contribution is -0.155. The molecule has 1 aromatic carbocycles. The molecule has 4 atom stereocenters. The van der Waals surface area contributed by atoms with Crippen LogP contribution in [0.3, 0.4) is 0 Å². The molecule has 2 fully saturated rings. The van der Waals surface area contributed by atoms with E-state index in [-0.39, 0.29) is 37.3 Å². The zero-order chi connectivity index (χ0) is 48.9. The Bertz CT molecular complexity index is 2590. The number of benzene rings is 1. The van der Waals surface area contributed by atoms with Gasteiger partial charge in [0.1, 0.15) is 18.1 Å². The molecule has 68 heavy (non-hydrogen) atoms. The third kappa shape index (κ3) is 11.1. The van der Waals surface area contributed by atoms with Gasteiger partial charge in [0.2, 0.25) is 11.8 Å². The molecule has 16 heteroatoms. The summed E-state index contributed by atoms with van der Waals surface area (Å²) in [6.07, 6.45) is 9.27. The third-order valence-electron chi connectivity index (χ3n) is 13.2. The number of hydrazine groups is 1. The van der Waals surface area contributed by atoms with Crippen LogP contribution >= 0.6 is 0 Å². The first-order valence-corrected chi connectivity index (χ1v) is 23.8. The number of aromatic nitrogens is 3. The number of nitrogens with one attached hydrogen (secondary N) is 2. The van der Waals surface area contributed by atoms with Crippen LogP contribution in [0.1, 0.15) is 70.6 Å². The van der Waals surface area contributed by atoms with Crippen LogP contribution in [0.5, 0.6) is 0 Å². The van der Waals surface area contributed by atoms with Crippen molar-refractivity contribution in [1.29, 1.82) is 0 Å². The van der Waals surface area contributed by atoms with Crippen molar-refractivity contribution >= 4 is 40.5 Å².